The number of ether oxygens (including phenoxy) is 2. The molecule has 1 saturated heterocycles. The predicted octanol–water partition coefficient (Wildman–Crippen LogP) is 3.29. The third kappa shape index (κ3) is 7.75. The summed E-state index contributed by atoms with van der Waals surface area (Å²) in [7, 11) is 6.56. The van der Waals surface area contributed by atoms with Crippen molar-refractivity contribution in [2.24, 2.45) is 5.92 Å². The minimum absolute atomic E-state index is 0.0817. The Morgan fingerprint density at radius 1 is 1.12 bits per heavy atom. The van der Waals surface area contributed by atoms with Crippen LogP contribution in [0.5, 0.6) is 11.5 Å². The largest absolute Gasteiger partial charge is 0.481 e. The molecule has 3 heterocycles. The minimum Gasteiger partial charge on any atom is -0.481 e. The molecule has 2 aliphatic heterocycles. The number of hydrogen-bond donors (Lipinski definition) is 1. The van der Waals surface area contributed by atoms with Crippen molar-refractivity contribution in [3.8, 4) is 11.5 Å². The number of carbonyl (C=O) groups is 2. The van der Waals surface area contributed by atoms with E-state index in [1.165, 1.54) is 0 Å². The van der Waals surface area contributed by atoms with Gasteiger partial charge < -0.3 is 24.0 Å². The highest BCUT2D eigenvalue weighted by atomic mass is 16.7. The van der Waals surface area contributed by atoms with E-state index in [1.807, 2.05) is 40.0 Å². The van der Waals surface area contributed by atoms with Crippen molar-refractivity contribution in [1.29, 1.82) is 0 Å². The molecule has 1 N–H and O–H groups in total. The van der Waals surface area contributed by atoms with Gasteiger partial charge in [-0.15, -0.1) is 0 Å². The van der Waals surface area contributed by atoms with Gasteiger partial charge in [0.2, 0.25) is 12.7 Å². The van der Waals surface area contributed by atoms with Gasteiger partial charge in [-0.25, -0.2) is 0 Å². The summed E-state index contributed by atoms with van der Waals surface area (Å²) in [4.78, 5) is 30.6. The van der Waals surface area contributed by atoms with E-state index in [0.29, 0.717) is 31.0 Å². The zero-order valence-corrected chi connectivity index (χ0v) is 24.5. The maximum absolute atomic E-state index is 13.7. The van der Waals surface area contributed by atoms with E-state index in [2.05, 4.69) is 38.1 Å². The van der Waals surface area contributed by atoms with Crippen molar-refractivity contribution in [3.63, 3.8) is 0 Å². The van der Waals surface area contributed by atoms with Crippen LogP contribution >= 0.6 is 0 Å². The van der Waals surface area contributed by atoms with Crippen molar-refractivity contribution < 1.29 is 28.7 Å². The van der Waals surface area contributed by atoms with Gasteiger partial charge in [0.15, 0.2) is 11.5 Å². The molecule has 220 valence electrons. The monoisotopic (exact) mass is 556 g/mol. The second-order valence-electron chi connectivity index (χ2n) is 12.1. The molecule has 0 aliphatic carbocycles. The summed E-state index contributed by atoms with van der Waals surface area (Å²) in [6.45, 7) is 6.14. The Labute approximate surface area is 238 Å². The molecule has 10 heteroatoms. The van der Waals surface area contributed by atoms with Gasteiger partial charge in [0.05, 0.1) is 40.2 Å². The Kier molecular flexibility index (Phi) is 10.1. The third-order valence-electron chi connectivity index (χ3n) is 8.05. The highest BCUT2D eigenvalue weighted by Crippen LogP contribution is 2.42. The van der Waals surface area contributed by atoms with E-state index in [-0.39, 0.29) is 31.2 Å². The number of quaternary nitrogens is 1. The Bertz CT molecular complexity index is 1120. The molecule has 1 aromatic heterocycles. The summed E-state index contributed by atoms with van der Waals surface area (Å²) < 4.78 is 13.8. The zero-order valence-electron chi connectivity index (χ0n) is 24.5. The number of unbranched alkanes of at least 4 members (excludes halogenated alkanes) is 2. The average molecular weight is 557 g/mol. The summed E-state index contributed by atoms with van der Waals surface area (Å²) in [6, 6.07) is 7.26. The molecule has 1 amide bonds. The standard InChI is InChI=1S/C30H45N5O5/c1-5-6-14-32(15-7-8-18-35(2,3)4)28(36)21-33-20-24(23-10-11-26-27(19-23)40-22-39-26)29(30(37)38)25(33)12-17-34-16-9-13-31-34/h9-11,13,16,19,24-25,29H,5-8,12,14-15,17-18,20-22H2,1-4H3/p+1. The van der Waals surface area contributed by atoms with Crippen LogP contribution < -0.4 is 9.47 Å². The van der Waals surface area contributed by atoms with Gasteiger partial charge in [0, 0.05) is 50.5 Å². The molecule has 40 heavy (non-hydrogen) atoms. The maximum Gasteiger partial charge on any atom is 0.308 e. The number of aryl methyl sites for hydroxylation is 1. The molecule has 10 nitrogen and oxygen atoms in total. The Morgan fingerprint density at radius 2 is 1.90 bits per heavy atom. The van der Waals surface area contributed by atoms with Crippen LogP contribution in [0.3, 0.4) is 0 Å². The molecular formula is C30H46N5O5+. The number of carbonyl (C=O) groups excluding carboxylic acids is 1. The summed E-state index contributed by atoms with van der Waals surface area (Å²) >= 11 is 0. The van der Waals surface area contributed by atoms with Crippen LogP contribution in [0.2, 0.25) is 0 Å². The quantitative estimate of drug-likeness (QED) is 0.266. The summed E-state index contributed by atoms with van der Waals surface area (Å²) in [5.41, 5.74) is 0.902. The number of aliphatic carboxylic acids is 1. The molecule has 4 rings (SSSR count). The fraction of sp³-hybridized carbons (Fsp3) is 0.633. The molecule has 2 aromatic rings. The number of nitrogens with zero attached hydrogens (tertiary/aromatic N) is 5. The molecule has 0 saturated carbocycles. The van der Waals surface area contributed by atoms with Crippen LogP contribution in [0.1, 0.15) is 50.5 Å². The van der Waals surface area contributed by atoms with Gasteiger partial charge in [0.1, 0.15) is 0 Å². The number of aromatic nitrogens is 2. The number of hydrogen-bond acceptors (Lipinski definition) is 6. The van der Waals surface area contributed by atoms with Gasteiger partial charge >= 0.3 is 5.97 Å². The highest BCUT2D eigenvalue weighted by Gasteiger charge is 2.47. The zero-order chi connectivity index (χ0) is 28.7. The fourth-order valence-corrected chi connectivity index (χ4v) is 5.90. The van der Waals surface area contributed by atoms with Crippen LogP contribution in [-0.4, -0.2) is 108 Å². The van der Waals surface area contributed by atoms with E-state index in [4.69, 9.17) is 9.47 Å². The lowest BCUT2D eigenvalue weighted by molar-refractivity contribution is -0.870. The lowest BCUT2D eigenvalue weighted by atomic mass is 9.84. The number of benzene rings is 1. The smallest absolute Gasteiger partial charge is 0.308 e. The van der Waals surface area contributed by atoms with Gasteiger partial charge in [-0.3, -0.25) is 19.2 Å². The van der Waals surface area contributed by atoms with Gasteiger partial charge in [-0.2, -0.15) is 5.10 Å². The van der Waals surface area contributed by atoms with Crippen LogP contribution in [0.25, 0.3) is 0 Å². The number of carboxylic acids is 1. The number of fused-ring (bicyclic) bond motifs is 1. The van der Waals surface area contributed by atoms with Crippen molar-refractivity contribution in [1.82, 2.24) is 19.6 Å². The molecular weight excluding hydrogens is 510 g/mol. The SMILES string of the molecule is CCCCN(CCCC[N+](C)(C)C)C(=O)CN1CC(c2ccc3c(c2)OCO3)C(C(=O)O)C1CCn1cccn1. The third-order valence-corrected chi connectivity index (χ3v) is 8.05. The Hall–Kier alpha value is -3.11. The van der Waals surface area contributed by atoms with Crippen LogP contribution in [0, 0.1) is 5.92 Å². The molecule has 0 radical (unpaired) electrons. The van der Waals surface area contributed by atoms with E-state index < -0.39 is 11.9 Å². The van der Waals surface area contributed by atoms with E-state index in [1.54, 1.807) is 6.20 Å². The minimum atomic E-state index is -0.841. The normalized spacial score (nSPS) is 20.6. The van der Waals surface area contributed by atoms with Gasteiger partial charge in [-0.1, -0.05) is 19.4 Å². The van der Waals surface area contributed by atoms with Crippen molar-refractivity contribution in [2.45, 2.75) is 57.5 Å². The topological polar surface area (TPSA) is 97.1 Å². The van der Waals surface area contributed by atoms with Gasteiger partial charge in [0.25, 0.3) is 0 Å². The summed E-state index contributed by atoms with van der Waals surface area (Å²) in [5, 5.41) is 14.8. The lowest BCUT2D eigenvalue weighted by Crippen LogP contribution is -2.45. The van der Waals surface area contributed by atoms with Gasteiger partial charge in [-0.05, 0) is 49.4 Å². The lowest BCUT2D eigenvalue weighted by Gasteiger charge is -2.30. The number of amides is 1. The second-order valence-corrected chi connectivity index (χ2v) is 12.1. The Balaban J connectivity index is 1.52. The molecule has 0 bridgehead atoms. The van der Waals surface area contributed by atoms with Crippen molar-refractivity contribution in [3.05, 3.63) is 42.2 Å². The average Bonchev–Trinajstić information content (AvgIpc) is 3.66. The summed E-state index contributed by atoms with van der Waals surface area (Å²) in [5.74, 6) is -0.366. The first-order valence-corrected chi connectivity index (χ1v) is 14.6. The predicted molar refractivity (Wildman–Crippen MR) is 152 cm³/mol. The molecule has 1 fully saturated rings. The van der Waals surface area contributed by atoms with Crippen molar-refractivity contribution in [2.75, 3.05) is 60.7 Å². The number of carboxylic acid groups (broad SMARTS) is 1. The van der Waals surface area contributed by atoms with E-state index in [9.17, 15) is 14.7 Å². The fourth-order valence-electron chi connectivity index (χ4n) is 5.90. The number of rotatable bonds is 15. The molecule has 2 aliphatic rings. The first kappa shape index (κ1) is 29.9. The first-order chi connectivity index (χ1) is 19.2. The molecule has 0 spiro atoms. The van der Waals surface area contributed by atoms with Crippen LogP contribution in [0.4, 0.5) is 0 Å². The number of likely N-dealkylation sites (tertiary alicyclic amines) is 1. The van der Waals surface area contributed by atoms with Crippen LogP contribution in [0.15, 0.2) is 36.7 Å². The highest BCUT2D eigenvalue weighted by molar-refractivity contribution is 5.79. The Morgan fingerprint density at radius 3 is 2.60 bits per heavy atom. The van der Waals surface area contributed by atoms with Crippen LogP contribution in [-0.2, 0) is 16.1 Å². The molecule has 1 aromatic carbocycles. The second kappa shape index (κ2) is 13.5. The van der Waals surface area contributed by atoms with E-state index >= 15 is 0 Å². The molecule has 3 atom stereocenters. The molecule has 3 unspecified atom stereocenters. The maximum atomic E-state index is 13.7. The van der Waals surface area contributed by atoms with E-state index in [0.717, 1.165) is 55.4 Å². The van der Waals surface area contributed by atoms with Crippen molar-refractivity contribution >= 4 is 11.9 Å². The first-order valence-electron chi connectivity index (χ1n) is 14.6. The summed E-state index contributed by atoms with van der Waals surface area (Å²) in [6.07, 6.45) is 8.20.